The number of aryl methyl sites for hydroxylation is 1. The molecular formula is C25H22BrClN2O4S2. The van der Waals surface area contributed by atoms with Gasteiger partial charge in [-0.1, -0.05) is 59.6 Å². The van der Waals surface area contributed by atoms with Gasteiger partial charge < -0.3 is 0 Å². The average Bonchev–Trinajstić information content (AvgIpc) is 3.60. The molecule has 1 atom stereocenters. The van der Waals surface area contributed by atoms with E-state index in [2.05, 4.69) is 20.7 Å². The van der Waals surface area contributed by atoms with Gasteiger partial charge in [0.2, 0.25) is 10.0 Å². The molecular weight excluding hydrogens is 572 g/mol. The summed E-state index contributed by atoms with van der Waals surface area (Å²) in [5, 5.41) is 0.484. The molecule has 0 bridgehead atoms. The van der Waals surface area contributed by atoms with Gasteiger partial charge >= 0.3 is 0 Å². The van der Waals surface area contributed by atoms with E-state index in [1.807, 2.05) is 6.92 Å². The predicted molar refractivity (Wildman–Crippen MR) is 142 cm³/mol. The molecule has 35 heavy (non-hydrogen) atoms. The minimum atomic E-state index is -4.11. The van der Waals surface area contributed by atoms with E-state index in [4.69, 9.17) is 11.6 Å². The van der Waals surface area contributed by atoms with Gasteiger partial charge in [0.15, 0.2) is 0 Å². The van der Waals surface area contributed by atoms with Gasteiger partial charge in [0.1, 0.15) is 0 Å². The van der Waals surface area contributed by atoms with Gasteiger partial charge in [0.25, 0.3) is 10.0 Å². The van der Waals surface area contributed by atoms with Crippen LogP contribution >= 0.6 is 27.5 Å². The third-order valence-electron chi connectivity index (χ3n) is 6.08. The molecule has 0 spiro atoms. The molecule has 1 fully saturated rings. The van der Waals surface area contributed by atoms with E-state index >= 15 is 0 Å². The number of hydrogen-bond donors (Lipinski definition) is 1. The lowest BCUT2D eigenvalue weighted by atomic mass is 10.0. The van der Waals surface area contributed by atoms with Crippen LogP contribution in [0.5, 0.6) is 0 Å². The van der Waals surface area contributed by atoms with E-state index in [0.29, 0.717) is 38.8 Å². The Kier molecular flexibility index (Phi) is 6.34. The minimum Gasteiger partial charge on any atom is -0.235 e. The largest absolute Gasteiger partial charge is 0.268 e. The number of sulfonamides is 1. The molecule has 5 rings (SSSR count). The fourth-order valence-electron chi connectivity index (χ4n) is 4.12. The van der Waals surface area contributed by atoms with Crippen molar-refractivity contribution in [1.29, 1.82) is 0 Å². The van der Waals surface area contributed by atoms with E-state index in [0.717, 1.165) is 5.56 Å². The summed E-state index contributed by atoms with van der Waals surface area (Å²) in [6, 6.07) is 19.5. The molecule has 0 saturated heterocycles. The van der Waals surface area contributed by atoms with Crippen molar-refractivity contribution in [3.8, 4) is 0 Å². The number of nitrogens with one attached hydrogen (secondary N) is 1. The van der Waals surface area contributed by atoms with Crippen molar-refractivity contribution in [3.05, 3.63) is 99.1 Å². The first-order chi connectivity index (χ1) is 16.6. The van der Waals surface area contributed by atoms with Gasteiger partial charge in [-0.05, 0) is 71.6 Å². The number of hydrogen-bond acceptors (Lipinski definition) is 4. The van der Waals surface area contributed by atoms with Gasteiger partial charge in [-0.3, -0.25) is 0 Å². The molecule has 182 valence electrons. The molecule has 6 nitrogen and oxygen atoms in total. The van der Waals surface area contributed by atoms with E-state index in [1.165, 1.54) is 3.97 Å². The van der Waals surface area contributed by atoms with Gasteiger partial charge in [-0.15, -0.1) is 0 Å². The van der Waals surface area contributed by atoms with Gasteiger partial charge in [0.05, 0.1) is 27.4 Å². The summed E-state index contributed by atoms with van der Waals surface area (Å²) in [6.07, 6.45) is 1.14. The molecule has 10 heteroatoms. The van der Waals surface area contributed by atoms with Crippen molar-refractivity contribution < 1.29 is 16.8 Å². The van der Waals surface area contributed by atoms with Crippen molar-refractivity contribution in [3.63, 3.8) is 0 Å². The highest BCUT2D eigenvalue weighted by molar-refractivity contribution is 9.10. The monoisotopic (exact) mass is 592 g/mol. The molecule has 1 aliphatic rings. The average molecular weight is 594 g/mol. The topological polar surface area (TPSA) is 85.2 Å². The van der Waals surface area contributed by atoms with Crippen LogP contribution in [0.15, 0.2) is 82.2 Å². The van der Waals surface area contributed by atoms with Gasteiger partial charge in [-0.2, -0.15) is 0 Å². The first-order valence-electron chi connectivity index (χ1n) is 11.0. The summed E-state index contributed by atoms with van der Waals surface area (Å²) in [7, 11) is -7.82. The number of halogens is 2. The van der Waals surface area contributed by atoms with Crippen LogP contribution in [0.4, 0.5) is 0 Å². The Balaban J connectivity index is 1.82. The number of nitrogens with zero attached hydrogens (tertiary/aromatic N) is 1. The Morgan fingerprint density at radius 3 is 2.31 bits per heavy atom. The highest BCUT2D eigenvalue weighted by Crippen LogP contribution is 2.39. The maximum Gasteiger partial charge on any atom is 0.268 e. The Morgan fingerprint density at radius 1 is 0.971 bits per heavy atom. The Hall–Kier alpha value is -2.17. The maximum absolute atomic E-state index is 14.1. The Bertz CT molecular complexity index is 1640. The molecule has 0 aliphatic heterocycles. The second-order valence-electron chi connectivity index (χ2n) is 8.65. The van der Waals surface area contributed by atoms with Gasteiger partial charge in [-0.25, -0.2) is 25.5 Å². The zero-order chi connectivity index (χ0) is 25.0. The number of benzene rings is 3. The van der Waals surface area contributed by atoms with Crippen molar-refractivity contribution in [2.24, 2.45) is 0 Å². The Labute approximate surface area is 218 Å². The molecule has 0 unspecified atom stereocenters. The highest BCUT2D eigenvalue weighted by Gasteiger charge is 2.39. The third kappa shape index (κ3) is 4.56. The summed E-state index contributed by atoms with van der Waals surface area (Å²) < 4.78 is 58.9. The standard InChI is InChI=1S/C25H22BrClN2O4S2/c1-16-9-11-19(12-10-16)35(32,33)29-23(15-17-5-4-7-21(26)25(17)29)24(20-6-2-3-8-22(20)27)28-34(30,31)18-13-14-18/h2-12,15,18,24,28H,13-14H2,1H3/t24-/m1/s1. The van der Waals surface area contributed by atoms with E-state index in [1.54, 1.807) is 72.8 Å². The van der Waals surface area contributed by atoms with Crippen LogP contribution in [0.3, 0.4) is 0 Å². The lowest BCUT2D eigenvalue weighted by molar-refractivity contribution is 0.563. The fourth-order valence-corrected chi connectivity index (χ4v) is 8.13. The first-order valence-corrected chi connectivity index (χ1v) is 15.1. The summed E-state index contributed by atoms with van der Waals surface area (Å²) >= 11 is 10.0. The molecule has 0 radical (unpaired) electrons. The molecule has 1 saturated carbocycles. The normalized spacial score (nSPS) is 15.4. The highest BCUT2D eigenvalue weighted by atomic mass is 79.9. The Morgan fingerprint density at radius 2 is 1.66 bits per heavy atom. The van der Waals surface area contributed by atoms with Crippen LogP contribution < -0.4 is 4.72 Å². The van der Waals surface area contributed by atoms with Crippen molar-refractivity contribution in [2.45, 2.75) is 36.0 Å². The van der Waals surface area contributed by atoms with Crippen LogP contribution in [0.25, 0.3) is 10.9 Å². The van der Waals surface area contributed by atoms with E-state index in [9.17, 15) is 16.8 Å². The number of rotatable bonds is 7. The number of fused-ring (bicyclic) bond motifs is 1. The predicted octanol–water partition coefficient (Wildman–Crippen LogP) is 5.77. The van der Waals surface area contributed by atoms with E-state index in [-0.39, 0.29) is 10.6 Å². The molecule has 0 amide bonds. The third-order valence-corrected chi connectivity index (χ3v) is 10.7. The van der Waals surface area contributed by atoms with Crippen LogP contribution in [0, 0.1) is 6.92 Å². The molecule has 3 aromatic carbocycles. The number of aromatic nitrogens is 1. The molecule has 1 aliphatic carbocycles. The maximum atomic E-state index is 14.1. The van der Waals surface area contributed by atoms with E-state index < -0.39 is 31.3 Å². The second kappa shape index (κ2) is 9.05. The summed E-state index contributed by atoms with van der Waals surface area (Å²) in [4.78, 5) is 0.0977. The lowest BCUT2D eigenvalue weighted by Gasteiger charge is -2.23. The molecule has 1 heterocycles. The van der Waals surface area contributed by atoms with Crippen LogP contribution in [-0.2, 0) is 20.0 Å². The van der Waals surface area contributed by atoms with Crippen LogP contribution in [0.2, 0.25) is 5.02 Å². The minimum absolute atomic E-state index is 0.0977. The quantitative estimate of drug-likeness (QED) is 0.295. The second-order valence-corrected chi connectivity index (χ2v) is 13.7. The molecule has 1 N–H and O–H groups in total. The first kappa shape index (κ1) is 24.5. The summed E-state index contributed by atoms with van der Waals surface area (Å²) in [5.74, 6) is 0. The summed E-state index contributed by atoms with van der Waals surface area (Å²) in [6.45, 7) is 1.88. The SMILES string of the molecule is Cc1ccc(S(=O)(=O)n2c([C@H](NS(=O)(=O)C3CC3)c3ccccc3Cl)cc3cccc(Br)c32)cc1. The van der Waals surface area contributed by atoms with Crippen molar-refractivity contribution >= 4 is 58.5 Å². The molecule has 4 aromatic rings. The zero-order valence-corrected chi connectivity index (χ0v) is 22.6. The van der Waals surface area contributed by atoms with Crippen LogP contribution in [-0.4, -0.2) is 26.1 Å². The smallest absolute Gasteiger partial charge is 0.235 e. The van der Waals surface area contributed by atoms with Crippen molar-refractivity contribution in [2.75, 3.05) is 0 Å². The summed E-state index contributed by atoms with van der Waals surface area (Å²) in [5.41, 5.74) is 2.07. The van der Waals surface area contributed by atoms with Crippen molar-refractivity contribution in [1.82, 2.24) is 8.69 Å². The molecule has 1 aromatic heterocycles. The number of para-hydroxylation sites is 1. The zero-order valence-electron chi connectivity index (χ0n) is 18.6. The van der Waals surface area contributed by atoms with Gasteiger partial charge in [0, 0.05) is 14.9 Å². The fraction of sp³-hybridized carbons (Fsp3) is 0.200. The van der Waals surface area contributed by atoms with Crippen LogP contribution in [0.1, 0.15) is 35.7 Å². The lowest BCUT2D eigenvalue weighted by Crippen LogP contribution is -2.34.